The number of nitrogens with one attached hydrogen (secondary N) is 1. The molecule has 0 aromatic heterocycles. The van der Waals surface area contributed by atoms with E-state index in [4.69, 9.17) is 10.5 Å². The van der Waals surface area contributed by atoms with Crippen molar-refractivity contribution in [1.29, 1.82) is 0 Å². The summed E-state index contributed by atoms with van der Waals surface area (Å²) in [6.45, 7) is 14.7. The molecule has 1 amide bonds. The molecule has 3 atom stereocenters. The molecule has 1 aliphatic rings. The second-order valence-corrected chi connectivity index (χ2v) is 5.56. The molecule has 0 radical (unpaired) electrons. The highest BCUT2D eigenvalue weighted by Crippen LogP contribution is 2.06. The van der Waals surface area contributed by atoms with Crippen LogP contribution in [0.25, 0.3) is 0 Å². The molecular formula is C16H35N3O2. The molecule has 1 saturated heterocycles. The first-order chi connectivity index (χ1) is 10.0. The van der Waals surface area contributed by atoms with E-state index in [1.165, 1.54) is 0 Å². The van der Waals surface area contributed by atoms with Crippen molar-refractivity contribution < 1.29 is 9.53 Å². The van der Waals surface area contributed by atoms with E-state index in [1.807, 2.05) is 27.7 Å². The molecule has 126 valence electrons. The van der Waals surface area contributed by atoms with Crippen LogP contribution in [0.3, 0.4) is 0 Å². The van der Waals surface area contributed by atoms with Crippen LogP contribution in [-0.4, -0.2) is 55.7 Å². The van der Waals surface area contributed by atoms with Crippen LogP contribution in [0.5, 0.6) is 0 Å². The Labute approximate surface area is 130 Å². The first-order valence-electron chi connectivity index (χ1n) is 8.40. The van der Waals surface area contributed by atoms with Gasteiger partial charge in [-0.2, -0.15) is 0 Å². The van der Waals surface area contributed by atoms with Crippen molar-refractivity contribution in [3.8, 4) is 0 Å². The third-order valence-corrected chi connectivity index (χ3v) is 3.93. The average molecular weight is 301 g/mol. The van der Waals surface area contributed by atoms with Crippen molar-refractivity contribution in [2.24, 2.45) is 11.7 Å². The van der Waals surface area contributed by atoms with E-state index in [1.54, 1.807) is 0 Å². The molecule has 0 bridgehead atoms. The highest BCUT2D eigenvalue weighted by atomic mass is 16.5. The zero-order chi connectivity index (χ0) is 16.3. The van der Waals surface area contributed by atoms with E-state index in [0.717, 1.165) is 45.7 Å². The molecule has 0 aromatic rings. The highest BCUT2D eigenvalue weighted by Gasteiger charge is 2.21. The van der Waals surface area contributed by atoms with Crippen LogP contribution in [0.1, 0.15) is 47.5 Å². The van der Waals surface area contributed by atoms with Crippen LogP contribution >= 0.6 is 0 Å². The molecule has 0 aromatic carbocycles. The summed E-state index contributed by atoms with van der Waals surface area (Å²) >= 11 is 0. The Morgan fingerprint density at radius 1 is 1.29 bits per heavy atom. The van der Waals surface area contributed by atoms with Gasteiger partial charge < -0.3 is 15.8 Å². The third kappa shape index (κ3) is 8.39. The summed E-state index contributed by atoms with van der Waals surface area (Å²) in [6.07, 6.45) is 1.88. The Bertz CT molecular complexity index is 268. The summed E-state index contributed by atoms with van der Waals surface area (Å²) in [7, 11) is 0. The van der Waals surface area contributed by atoms with Gasteiger partial charge in [0, 0.05) is 25.7 Å². The molecule has 1 heterocycles. The van der Waals surface area contributed by atoms with Crippen LogP contribution in [0.15, 0.2) is 0 Å². The van der Waals surface area contributed by atoms with Crippen LogP contribution < -0.4 is 11.1 Å². The fourth-order valence-electron chi connectivity index (χ4n) is 2.12. The molecule has 1 aliphatic heterocycles. The standard InChI is InChI=1S/C14H29N3O2.C2H6/c1-4-11(2)13(15)14(18)16-12(3)5-6-17-7-9-19-10-8-17;1-2/h11-13H,4-10,15H2,1-3H3,(H,16,18);1-2H3. The van der Waals surface area contributed by atoms with Crippen LogP contribution in [0.4, 0.5) is 0 Å². The number of nitrogens with zero attached hydrogens (tertiary/aromatic N) is 1. The Balaban J connectivity index is 0.00000191. The van der Waals surface area contributed by atoms with Crippen molar-refractivity contribution >= 4 is 5.91 Å². The summed E-state index contributed by atoms with van der Waals surface area (Å²) in [6, 6.07) is -0.221. The Morgan fingerprint density at radius 3 is 2.38 bits per heavy atom. The minimum absolute atomic E-state index is 0.0242. The predicted octanol–water partition coefficient (Wildman–Crippen LogP) is 1.61. The molecule has 1 fully saturated rings. The average Bonchev–Trinajstić information content (AvgIpc) is 2.54. The largest absolute Gasteiger partial charge is 0.379 e. The molecule has 3 N–H and O–H groups in total. The summed E-state index contributed by atoms with van der Waals surface area (Å²) in [4.78, 5) is 14.3. The van der Waals surface area contributed by atoms with Gasteiger partial charge >= 0.3 is 0 Å². The Morgan fingerprint density at radius 2 is 1.86 bits per heavy atom. The van der Waals surface area contributed by atoms with Gasteiger partial charge in [0.2, 0.25) is 5.91 Å². The van der Waals surface area contributed by atoms with Crippen LogP contribution in [-0.2, 0) is 9.53 Å². The van der Waals surface area contributed by atoms with E-state index < -0.39 is 6.04 Å². The molecular weight excluding hydrogens is 266 g/mol. The Kier molecular flexibility index (Phi) is 11.6. The number of rotatable bonds is 7. The zero-order valence-electron chi connectivity index (χ0n) is 14.5. The molecule has 21 heavy (non-hydrogen) atoms. The lowest BCUT2D eigenvalue weighted by atomic mass is 9.99. The van der Waals surface area contributed by atoms with E-state index >= 15 is 0 Å². The summed E-state index contributed by atoms with van der Waals surface area (Å²) in [5, 5.41) is 3.01. The topological polar surface area (TPSA) is 67.6 Å². The number of hydrogen-bond donors (Lipinski definition) is 2. The number of nitrogens with two attached hydrogens (primary N) is 1. The third-order valence-electron chi connectivity index (χ3n) is 3.93. The number of ether oxygens (including phenoxy) is 1. The zero-order valence-corrected chi connectivity index (χ0v) is 14.5. The maximum atomic E-state index is 11.9. The van der Waals surface area contributed by atoms with Crippen molar-refractivity contribution in [2.45, 2.75) is 59.5 Å². The van der Waals surface area contributed by atoms with Gasteiger partial charge in [-0.25, -0.2) is 0 Å². The molecule has 1 rings (SSSR count). The minimum Gasteiger partial charge on any atom is -0.379 e. The Hall–Kier alpha value is -0.650. The normalized spacial score (nSPS) is 19.9. The summed E-state index contributed by atoms with van der Waals surface area (Å²) in [5.41, 5.74) is 5.92. The fraction of sp³-hybridized carbons (Fsp3) is 0.938. The van der Waals surface area contributed by atoms with Gasteiger partial charge in [-0.05, 0) is 19.3 Å². The minimum atomic E-state index is -0.393. The summed E-state index contributed by atoms with van der Waals surface area (Å²) in [5.74, 6) is 0.204. The molecule has 5 nitrogen and oxygen atoms in total. The summed E-state index contributed by atoms with van der Waals surface area (Å²) < 4.78 is 5.31. The molecule has 0 saturated carbocycles. The molecule has 5 heteroatoms. The SMILES string of the molecule is CC.CCC(C)C(N)C(=O)NC(C)CCN1CCOCC1. The monoisotopic (exact) mass is 301 g/mol. The van der Waals surface area contributed by atoms with Crippen LogP contribution in [0, 0.1) is 5.92 Å². The fourth-order valence-corrected chi connectivity index (χ4v) is 2.12. The lowest BCUT2D eigenvalue weighted by molar-refractivity contribution is -0.124. The lowest BCUT2D eigenvalue weighted by Gasteiger charge is -2.28. The van der Waals surface area contributed by atoms with Gasteiger partial charge in [-0.15, -0.1) is 0 Å². The number of hydrogen-bond acceptors (Lipinski definition) is 4. The molecule has 0 spiro atoms. The van der Waals surface area contributed by atoms with Crippen molar-refractivity contribution in [3.63, 3.8) is 0 Å². The van der Waals surface area contributed by atoms with Gasteiger partial charge in [0.25, 0.3) is 0 Å². The van der Waals surface area contributed by atoms with E-state index in [9.17, 15) is 4.79 Å². The van der Waals surface area contributed by atoms with Gasteiger partial charge in [-0.1, -0.05) is 34.1 Å². The van der Waals surface area contributed by atoms with Crippen molar-refractivity contribution in [2.75, 3.05) is 32.8 Å². The maximum Gasteiger partial charge on any atom is 0.237 e. The van der Waals surface area contributed by atoms with E-state index in [2.05, 4.69) is 17.1 Å². The molecule has 0 aliphatic carbocycles. The van der Waals surface area contributed by atoms with Crippen molar-refractivity contribution in [3.05, 3.63) is 0 Å². The smallest absolute Gasteiger partial charge is 0.237 e. The van der Waals surface area contributed by atoms with Gasteiger partial charge in [0.15, 0.2) is 0 Å². The second-order valence-electron chi connectivity index (χ2n) is 5.56. The number of carbonyl (C=O) groups excluding carboxylic acids is 1. The quantitative estimate of drug-likeness (QED) is 0.750. The second kappa shape index (κ2) is 12.0. The predicted molar refractivity (Wildman–Crippen MR) is 88.3 cm³/mol. The first-order valence-corrected chi connectivity index (χ1v) is 8.40. The number of carbonyl (C=O) groups is 1. The van der Waals surface area contributed by atoms with Gasteiger partial charge in [0.1, 0.15) is 0 Å². The lowest BCUT2D eigenvalue weighted by Crippen LogP contribution is -2.48. The van der Waals surface area contributed by atoms with Crippen molar-refractivity contribution in [1.82, 2.24) is 10.2 Å². The number of amides is 1. The van der Waals surface area contributed by atoms with Gasteiger partial charge in [0.05, 0.1) is 19.3 Å². The van der Waals surface area contributed by atoms with Crippen LogP contribution in [0.2, 0.25) is 0 Å². The first kappa shape index (κ1) is 20.3. The van der Waals surface area contributed by atoms with E-state index in [-0.39, 0.29) is 17.9 Å². The maximum absolute atomic E-state index is 11.9. The van der Waals surface area contributed by atoms with E-state index in [0.29, 0.717) is 0 Å². The van der Waals surface area contributed by atoms with Gasteiger partial charge in [-0.3, -0.25) is 9.69 Å². The molecule has 3 unspecified atom stereocenters. The highest BCUT2D eigenvalue weighted by molar-refractivity contribution is 5.82. The number of morpholine rings is 1.